The molecule has 50 heavy (non-hydrogen) atoms. The van der Waals surface area contributed by atoms with Crippen molar-refractivity contribution >= 4 is 23.8 Å². The lowest BCUT2D eigenvalue weighted by atomic mass is 9.55. The Morgan fingerprint density at radius 2 is 0.800 bits per heavy atom. The summed E-state index contributed by atoms with van der Waals surface area (Å²) in [7, 11) is 0. The van der Waals surface area contributed by atoms with Gasteiger partial charge in [0.05, 0.1) is 23.7 Å². The first kappa shape index (κ1) is 35.7. The number of nitrogens with zero attached hydrogens (tertiary/aromatic N) is 2. The number of hydrogen-bond donors (Lipinski definition) is 2. The van der Waals surface area contributed by atoms with Crippen LogP contribution in [-0.2, 0) is 32.3 Å². The molecule has 5 rings (SSSR count). The van der Waals surface area contributed by atoms with Gasteiger partial charge in [0.15, 0.2) is 0 Å². The van der Waals surface area contributed by atoms with Gasteiger partial charge in [-0.25, -0.2) is 0 Å². The van der Waals surface area contributed by atoms with Crippen molar-refractivity contribution in [3.8, 4) is 23.0 Å². The van der Waals surface area contributed by atoms with E-state index in [1.165, 1.54) is 9.80 Å². The van der Waals surface area contributed by atoms with Crippen molar-refractivity contribution in [1.82, 2.24) is 9.80 Å². The molecule has 260 valence electrons. The summed E-state index contributed by atoms with van der Waals surface area (Å²) < 4.78 is 11.7. The lowest BCUT2D eigenvalue weighted by Gasteiger charge is -2.49. The summed E-state index contributed by atoms with van der Waals surface area (Å²) in [6.07, 6.45) is 0. The van der Waals surface area contributed by atoms with Crippen molar-refractivity contribution in [3.05, 3.63) is 120 Å². The molecule has 0 saturated heterocycles. The molecule has 0 unspecified atom stereocenters. The molecule has 0 bridgehead atoms. The van der Waals surface area contributed by atoms with E-state index in [-0.39, 0.29) is 25.2 Å². The van der Waals surface area contributed by atoms with Crippen LogP contribution in [0.15, 0.2) is 109 Å². The lowest BCUT2D eigenvalue weighted by Crippen LogP contribution is -2.65. The fourth-order valence-corrected chi connectivity index (χ4v) is 6.36. The van der Waals surface area contributed by atoms with E-state index in [4.69, 9.17) is 9.47 Å². The quantitative estimate of drug-likeness (QED) is 0.144. The van der Waals surface area contributed by atoms with Crippen LogP contribution in [0.4, 0.5) is 0 Å². The van der Waals surface area contributed by atoms with Crippen molar-refractivity contribution in [1.29, 1.82) is 0 Å². The van der Waals surface area contributed by atoms with Gasteiger partial charge in [-0.05, 0) is 87.4 Å². The number of carboxylic acids is 2. The minimum absolute atomic E-state index is 0.123. The summed E-state index contributed by atoms with van der Waals surface area (Å²) in [4.78, 5) is 56.5. The number of amides is 2. The van der Waals surface area contributed by atoms with E-state index in [1.54, 1.807) is 76.2 Å². The Morgan fingerprint density at radius 1 is 0.500 bits per heavy atom. The first-order chi connectivity index (χ1) is 23.9. The second-order valence-corrected chi connectivity index (χ2v) is 13.0. The third kappa shape index (κ3) is 8.14. The van der Waals surface area contributed by atoms with Crippen molar-refractivity contribution in [3.63, 3.8) is 0 Å². The fraction of sp³-hybridized carbons (Fsp3) is 0.300. The first-order valence-electron chi connectivity index (χ1n) is 16.6. The largest absolute Gasteiger partial charge is 0.481 e. The first-order valence-corrected chi connectivity index (χ1v) is 16.6. The molecule has 4 aromatic rings. The second-order valence-electron chi connectivity index (χ2n) is 13.0. The van der Waals surface area contributed by atoms with Crippen LogP contribution in [0.1, 0.15) is 38.8 Å². The monoisotopic (exact) mass is 678 g/mol. The summed E-state index contributed by atoms with van der Waals surface area (Å²) in [6.45, 7) is 7.39. The lowest BCUT2D eigenvalue weighted by molar-refractivity contribution is -0.188. The van der Waals surface area contributed by atoms with Crippen LogP contribution in [0.3, 0.4) is 0 Å². The number of carbonyl (C=O) groups excluding carboxylic acids is 2. The van der Waals surface area contributed by atoms with Gasteiger partial charge in [-0.2, -0.15) is 0 Å². The molecule has 0 spiro atoms. The van der Waals surface area contributed by atoms with Gasteiger partial charge in [-0.3, -0.25) is 19.2 Å². The zero-order valence-corrected chi connectivity index (χ0v) is 28.5. The average Bonchev–Trinajstić information content (AvgIpc) is 3.07. The molecule has 10 heteroatoms. The Hall–Kier alpha value is -5.64. The number of carbonyl (C=O) groups is 4. The van der Waals surface area contributed by atoms with Gasteiger partial charge in [0.2, 0.25) is 11.8 Å². The van der Waals surface area contributed by atoms with Crippen LogP contribution in [0, 0.1) is 23.7 Å². The molecule has 1 fully saturated rings. The number of rotatable bonds is 14. The van der Waals surface area contributed by atoms with Gasteiger partial charge in [0, 0.05) is 25.2 Å². The van der Waals surface area contributed by atoms with Crippen molar-refractivity contribution < 1.29 is 38.9 Å². The second kappa shape index (κ2) is 15.7. The molecule has 4 aromatic carbocycles. The van der Waals surface area contributed by atoms with E-state index in [2.05, 4.69) is 0 Å². The molecule has 1 saturated carbocycles. The fourth-order valence-electron chi connectivity index (χ4n) is 6.36. The Bertz CT molecular complexity index is 1640. The average molecular weight is 679 g/mol. The third-order valence-corrected chi connectivity index (χ3v) is 9.01. The molecule has 1 aliphatic carbocycles. The summed E-state index contributed by atoms with van der Waals surface area (Å²) in [5.41, 5.74) is 1.51. The van der Waals surface area contributed by atoms with Gasteiger partial charge in [-0.15, -0.1) is 0 Å². The molecular weight excluding hydrogens is 636 g/mol. The minimum atomic E-state index is -1.50. The Labute approximate surface area is 291 Å². The molecule has 0 radical (unpaired) electrons. The van der Waals surface area contributed by atoms with E-state index in [1.807, 2.05) is 60.7 Å². The maximum atomic E-state index is 14.1. The van der Waals surface area contributed by atoms with E-state index < -0.39 is 47.4 Å². The highest BCUT2D eigenvalue weighted by Crippen LogP contribution is 2.49. The number of aliphatic carboxylic acids is 2. The maximum absolute atomic E-state index is 14.1. The molecule has 0 aliphatic heterocycles. The van der Waals surface area contributed by atoms with E-state index >= 15 is 0 Å². The molecular formula is C40H42N2O8. The van der Waals surface area contributed by atoms with Crippen LogP contribution in [0.25, 0.3) is 0 Å². The van der Waals surface area contributed by atoms with E-state index in [0.717, 1.165) is 11.1 Å². The van der Waals surface area contributed by atoms with Crippen LogP contribution in [-0.4, -0.2) is 55.8 Å². The highest BCUT2D eigenvalue weighted by Gasteiger charge is 2.65. The highest BCUT2D eigenvalue weighted by atomic mass is 16.5. The van der Waals surface area contributed by atoms with Crippen molar-refractivity contribution in [2.45, 2.75) is 52.9 Å². The highest BCUT2D eigenvalue weighted by molar-refractivity contribution is 5.99. The molecule has 0 aromatic heterocycles. The normalized spacial score (nSPS) is 18.2. The summed E-state index contributed by atoms with van der Waals surface area (Å²) in [6, 6.07) is 32.1. The number of hydrogen-bond acceptors (Lipinski definition) is 6. The molecule has 0 atom stereocenters. The topological polar surface area (TPSA) is 134 Å². The van der Waals surface area contributed by atoms with Crippen LogP contribution in [0.2, 0.25) is 0 Å². The zero-order chi connectivity index (χ0) is 35.9. The van der Waals surface area contributed by atoms with Crippen LogP contribution >= 0.6 is 0 Å². The molecule has 10 nitrogen and oxygen atoms in total. The van der Waals surface area contributed by atoms with Gasteiger partial charge in [0.25, 0.3) is 0 Å². The Kier molecular flexibility index (Phi) is 11.2. The SMILES string of the molecule is CC(C)N(Cc1ccc(Oc2ccccc2)cc1)C(=O)C1C(C(=O)O)C(C(=O)N(Cc2ccc(Oc3ccccc3)cc2)C(C)C)C1C(=O)O. The van der Waals surface area contributed by atoms with Gasteiger partial charge < -0.3 is 29.5 Å². The zero-order valence-electron chi connectivity index (χ0n) is 28.5. The van der Waals surface area contributed by atoms with Crippen LogP contribution < -0.4 is 9.47 Å². The van der Waals surface area contributed by atoms with Crippen molar-refractivity contribution in [2.75, 3.05) is 0 Å². The van der Waals surface area contributed by atoms with E-state index in [9.17, 15) is 29.4 Å². The number of carboxylic acid groups (broad SMARTS) is 2. The Balaban J connectivity index is 1.32. The molecule has 0 heterocycles. The standard InChI is InChI=1S/C40H42N2O8/c1-25(2)41(23-27-15-19-31(20-16-27)49-29-11-7-5-8-12-29)37(43)33-35(39(45)46)34(36(33)40(47)48)38(44)42(26(3)4)24-28-17-21-32(22-18-28)50-30-13-9-6-10-14-30/h5-22,25-26,33-36H,23-24H2,1-4H3,(H,45,46)(H,47,48). The third-order valence-electron chi connectivity index (χ3n) is 9.01. The number of para-hydroxylation sites is 2. The maximum Gasteiger partial charge on any atom is 0.308 e. The van der Waals surface area contributed by atoms with Gasteiger partial charge >= 0.3 is 11.9 Å². The van der Waals surface area contributed by atoms with E-state index in [0.29, 0.717) is 23.0 Å². The predicted molar refractivity (Wildman–Crippen MR) is 187 cm³/mol. The molecule has 1 aliphatic rings. The summed E-state index contributed by atoms with van der Waals surface area (Å²) >= 11 is 0. The van der Waals surface area contributed by atoms with Gasteiger partial charge in [0.1, 0.15) is 23.0 Å². The Morgan fingerprint density at radius 3 is 1.08 bits per heavy atom. The minimum Gasteiger partial charge on any atom is -0.481 e. The summed E-state index contributed by atoms with van der Waals surface area (Å²) in [5.74, 6) is -7.24. The van der Waals surface area contributed by atoms with Crippen LogP contribution in [0.5, 0.6) is 23.0 Å². The van der Waals surface area contributed by atoms with Gasteiger partial charge in [-0.1, -0.05) is 60.7 Å². The summed E-state index contributed by atoms with van der Waals surface area (Å²) in [5, 5.41) is 20.7. The smallest absolute Gasteiger partial charge is 0.308 e. The molecule has 2 N–H and O–H groups in total. The number of benzene rings is 4. The molecule has 2 amide bonds. The van der Waals surface area contributed by atoms with Crippen molar-refractivity contribution in [2.24, 2.45) is 23.7 Å². The number of ether oxygens (including phenoxy) is 2. The predicted octanol–water partition coefficient (Wildman–Crippen LogP) is 7.09.